The van der Waals surface area contributed by atoms with Crippen molar-refractivity contribution in [3.63, 3.8) is 0 Å². The van der Waals surface area contributed by atoms with Crippen LogP contribution in [0.25, 0.3) is 0 Å². The fraction of sp³-hybridized carbons (Fsp3) is 0.429. The van der Waals surface area contributed by atoms with Crippen LogP contribution in [-0.2, 0) is 10.2 Å². The molecule has 1 amide bonds. The molecule has 1 saturated heterocycles. The Hall–Kier alpha value is -2.05. The minimum atomic E-state index is -4.81. The molecule has 1 heterocycles. The fourth-order valence-corrected chi connectivity index (χ4v) is 3.23. The molecular weight excluding hydrogens is 285 g/mol. The molecule has 0 bridgehead atoms. The molecule has 2 fully saturated rings. The van der Waals surface area contributed by atoms with Gasteiger partial charge in [-0.15, -0.1) is 0 Å². The molecule has 1 aromatic rings. The highest BCUT2D eigenvalue weighted by Crippen LogP contribution is 2.59. The van der Waals surface area contributed by atoms with E-state index in [2.05, 4.69) is 5.16 Å². The number of hydrogen-bond acceptors (Lipinski definition) is 3. The molecule has 1 N–H and O–H groups in total. The van der Waals surface area contributed by atoms with Gasteiger partial charge in [0.25, 0.3) is 0 Å². The van der Waals surface area contributed by atoms with Crippen molar-refractivity contribution in [2.75, 3.05) is 13.1 Å². The van der Waals surface area contributed by atoms with E-state index in [4.69, 9.17) is 5.21 Å². The number of fused-ring (bicyclic) bond motifs is 1. The Balaban J connectivity index is 1.77. The zero-order valence-corrected chi connectivity index (χ0v) is 11.0. The SMILES string of the molecule is O=C(N1CC2CC2(c2ccc(C=NO)cc2)C1)C(F)(F)F. The molecule has 2 atom stereocenters. The van der Waals surface area contributed by atoms with Gasteiger partial charge in [0, 0.05) is 18.5 Å². The summed E-state index contributed by atoms with van der Waals surface area (Å²) in [6, 6.07) is 7.12. The molecule has 21 heavy (non-hydrogen) atoms. The van der Waals surface area contributed by atoms with Crippen molar-refractivity contribution in [1.82, 2.24) is 4.90 Å². The Bertz CT molecular complexity index is 597. The summed E-state index contributed by atoms with van der Waals surface area (Å²) < 4.78 is 37.4. The topological polar surface area (TPSA) is 52.9 Å². The number of amides is 1. The molecule has 0 radical (unpaired) electrons. The average molecular weight is 298 g/mol. The molecule has 2 aliphatic rings. The van der Waals surface area contributed by atoms with E-state index in [1.807, 2.05) is 12.1 Å². The molecule has 0 aromatic heterocycles. The van der Waals surface area contributed by atoms with Crippen LogP contribution in [0.1, 0.15) is 17.5 Å². The fourth-order valence-electron chi connectivity index (χ4n) is 3.23. The molecular formula is C14H13F3N2O2. The summed E-state index contributed by atoms with van der Waals surface area (Å²) in [6.45, 7) is 0.279. The van der Waals surface area contributed by atoms with Crippen LogP contribution in [0.4, 0.5) is 13.2 Å². The monoisotopic (exact) mass is 298 g/mol. The van der Waals surface area contributed by atoms with Gasteiger partial charge in [-0.2, -0.15) is 13.2 Å². The number of oxime groups is 1. The summed E-state index contributed by atoms with van der Waals surface area (Å²) in [4.78, 5) is 12.2. The van der Waals surface area contributed by atoms with E-state index in [1.54, 1.807) is 12.1 Å². The Morgan fingerprint density at radius 1 is 1.38 bits per heavy atom. The van der Waals surface area contributed by atoms with E-state index in [0.717, 1.165) is 16.9 Å². The van der Waals surface area contributed by atoms with Gasteiger partial charge in [0.1, 0.15) is 0 Å². The first-order valence-corrected chi connectivity index (χ1v) is 6.51. The summed E-state index contributed by atoms with van der Waals surface area (Å²) in [5, 5.41) is 11.4. The molecule has 7 heteroatoms. The van der Waals surface area contributed by atoms with E-state index in [0.29, 0.717) is 5.56 Å². The minimum absolute atomic E-state index is 0.0983. The van der Waals surface area contributed by atoms with Crippen molar-refractivity contribution in [3.05, 3.63) is 35.4 Å². The third kappa shape index (κ3) is 2.26. The molecule has 1 aromatic carbocycles. The third-order valence-corrected chi connectivity index (χ3v) is 4.37. The highest BCUT2D eigenvalue weighted by atomic mass is 19.4. The second kappa shape index (κ2) is 4.47. The van der Waals surface area contributed by atoms with E-state index in [9.17, 15) is 18.0 Å². The second-order valence-electron chi connectivity index (χ2n) is 5.61. The maximum atomic E-state index is 12.5. The summed E-state index contributed by atoms with van der Waals surface area (Å²) in [5.41, 5.74) is 1.30. The van der Waals surface area contributed by atoms with Crippen molar-refractivity contribution >= 4 is 12.1 Å². The number of benzene rings is 1. The van der Waals surface area contributed by atoms with Crippen LogP contribution in [0.3, 0.4) is 0 Å². The smallest absolute Gasteiger partial charge is 0.411 e. The van der Waals surface area contributed by atoms with Crippen LogP contribution < -0.4 is 0 Å². The Morgan fingerprint density at radius 3 is 2.62 bits per heavy atom. The first-order chi connectivity index (χ1) is 9.87. The van der Waals surface area contributed by atoms with Gasteiger partial charge < -0.3 is 10.1 Å². The van der Waals surface area contributed by atoms with E-state index >= 15 is 0 Å². The van der Waals surface area contributed by atoms with Crippen molar-refractivity contribution < 1.29 is 23.2 Å². The van der Waals surface area contributed by atoms with Crippen LogP contribution in [0.5, 0.6) is 0 Å². The van der Waals surface area contributed by atoms with Gasteiger partial charge in [0.2, 0.25) is 0 Å². The van der Waals surface area contributed by atoms with Crippen molar-refractivity contribution in [3.8, 4) is 0 Å². The highest BCUT2D eigenvalue weighted by Gasteiger charge is 2.63. The van der Waals surface area contributed by atoms with Crippen molar-refractivity contribution in [2.45, 2.75) is 18.0 Å². The van der Waals surface area contributed by atoms with Gasteiger partial charge in [0.05, 0.1) is 6.21 Å². The number of likely N-dealkylation sites (tertiary alicyclic amines) is 1. The lowest BCUT2D eigenvalue weighted by atomic mass is 9.94. The van der Waals surface area contributed by atoms with Crippen LogP contribution in [-0.4, -0.2) is 41.5 Å². The van der Waals surface area contributed by atoms with Crippen LogP contribution in [0.2, 0.25) is 0 Å². The van der Waals surface area contributed by atoms with Gasteiger partial charge in [-0.1, -0.05) is 29.4 Å². The van der Waals surface area contributed by atoms with Crippen LogP contribution in [0.15, 0.2) is 29.4 Å². The minimum Gasteiger partial charge on any atom is -0.411 e. The molecule has 1 saturated carbocycles. The zero-order chi connectivity index (χ0) is 15.3. The standard InChI is InChI=1S/C14H13F3N2O2/c15-14(16,17)12(20)19-7-11-5-13(11,8-19)10-3-1-9(2-4-10)6-18-21/h1-4,6,11,21H,5,7-8H2. The Kier molecular flexibility index (Phi) is 2.96. The summed E-state index contributed by atoms with van der Waals surface area (Å²) >= 11 is 0. The summed E-state index contributed by atoms with van der Waals surface area (Å²) in [5.74, 6) is -1.65. The lowest BCUT2D eigenvalue weighted by molar-refractivity contribution is -0.184. The zero-order valence-electron chi connectivity index (χ0n) is 11.0. The van der Waals surface area contributed by atoms with Crippen molar-refractivity contribution in [1.29, 1.82) is 0 Å². The predicted octanol–water partition coefficient (Wildman–Crippen LogP) is 2.16. The van der Waals surface area contributed by atoms with Gasteiger partial charge in [-0.3, -0.25) is 4.79 Å². The average Bonchev–Trinajstić information content (AvgIpc) is 3.00. The number of piperidine rings is 1. The van der Waals surface area contributed by atoms with Gasteiger partial charge in [-0.25, -0.2) is 0 Å². The van der Waals surface area contributed by atoms with Gasteiger partial charge in [0.15, 0.2) is 0 Å². The Labute approximate surface area is 118 Å². The Morgan fingerprint density at radius 2 is 2.05 bits per heavy atom. The molecule has 1 aliphatic carbocycles. The van der Waals surface area contributed by atoms with E-state index in [-0.39, 0.29) is 24.4 Å². The van der Waals surface area contributed by atoms with E-state index < -0.39 is 12.1 Å². The maximum Gasteiger partial charge on any atom is 0.471 e. The highest BCUT2D eigenvalue weighted by molar-refractivity contribution is 5.83. The third-order valence-electron chi connectivity index (χ3n) is 4.37. The first-order valence-electron chi connectivity index (χ1n) is 6.51. The molecule has 2 unspecified atom stereocenters. The molecule has 1 aliphatic heterocycles. The number of nitrogens with zero attached hydrogens (tertiary/aromatic N) is 2. The number of carbonyl (C=O) groups is 1. The number of alkyl halides is 3. The molecule has 0 spiro atoms. The molecule has 4 nitrogen and oxygen atoms in total. The number of hydrogen-bond donors (Lipinski definition) is 1. The largest absolute Gasteiger partial charge is 0.471 e. The lowest BCUT2D eigenvalue weighted by Gasteiger charge is -2.22. The molecule has 112 valence electrons. The lowest BCUT2D eigenvalue weighted by Crippen LogP contribution is -2.41. The van der Waals surface area contributed by atoms with Crippen LogP contribution in [0, 0.1) is 5.92 Å². The normalized spacial score (nSPS) is 28.0. The number of rotatable bonds is 2. The summed E-state index contributed by atoms with van der Waals surface area (Å²) in [6.07, 6.45) is -2.72. The quantitative estimate of drug-likeness (QED) is 0.517. The van der Waals surface area contributed by atoms with E-state index in [1.165, 1.54) is 6.21 Å². The molecule has 3 rings (SSSR count). The maximum absolute atomic E-state index is 12.5. The second-order valence-corrected chi connectivity index (χ2v) is 5.61. The number of carbonyl (C=O) groups excluding carboxylic acids is 1. The van der Waals surface area contributed by atoms with Crippen LogP contribution >= 0.6 is 0 Å². The van der Waals surface area contributed by atoms with Crippen molar-refractivity contribution in [2.24, 2.45) is 11.1 Å². The predicted molar refractivity (Wildman–Crippen MR) is 68.2 cm³/mol. The van der Waals surface area contributed by atoms with Gasteiger partial charge in [-0.05, 0) is 23.5 Å². The number of halogens is 3. The summed E-state index contributed by atoms with van der Waals surface area (Å²) in [7, 11) is 0. The van der Waals surface area contributed by atoms with Gasteiger partial charge >= 0.3 is 12.1 Å². The first kappa shape index (κ1) is 13.9.